The Morgan fingerprint density at radius 2 is 2.21 bits per heavy atom. The molecule has 1 N–H and O–H groups in total. The minimum absolute atomic E-state index is 0.0217. The molecule has 14 heavy (non-hydrogen) atoms. The van der Waals surface area contributed by atoms with Gasteiger partial charge in [-0.1, -0.05) is 0 Å². The standard InChI is InChI=1S/C10H12BrFO2/c1-6-9(12)8(11)5-7(3-4-13)10(6)14-2/h5,13H,3-4H2,1-2H3. The van der Waals surface area contributed by atoms with Gasteiger partial charge < -0.3 is 9.84 Å². The highest BCUT2D eigenvalue weighted by Crippen LogP contribution is 2.31. The fourth-order valence-electron chi connectivity index (χ4n) is 1.39. The Morgan fingerprint density at radius 3 is 2.71 bits per heavy atom. The number of aliphatic hydroxyl groups excluding tert-OH is 1. The third-order valence-corrected chi connectivity index (χ3v) is 2.63. The minimum atomic E-state index is -0.316. The molecule has 0 radical (unpaired) electrons. The topological polar surface area (TPSA) is 29.5 Å². The Balaban J connectivity index is 3.28. The molecule has 0 aliphatic rings. The van der Waals surface area contributed by atoms with Crippen molar-refractivity contribution >= 4 is 15.9 Å². The summed E-state index contributed by atoms with van der Waals surface area (Å²) in [4.78, 5) is 0. The average molecular weight is 263 g/mol. The number of hydrogen-bond acceptors (Lipinski definition) is 2. The van der Waals surface area contributed by atoms with Crippen LogP contribution in [0.1, 0.15) is 11.1 Å². The monoisotopic (exact) mass is 262 g/mol. The molecule has 78 valence electrons. The third-order valence-electron chi connectivity index (χ3n) is 2.06. The van der Waals surface area contributed by atoms with Crippen LogP contribution >= 0.6 is 15.9 Å². The maximum Gasteiger partial charge on any atom is 0.143 e. The first-order valence-electron chi connectivity index (χ1n) is 4.24. The second-order valence-corrected chi connectivity index (χ2v) is 3.82. The molecule has 1 aromatic rings. The summed E-state index contributed by atoms with van der Waals surface area (Å²) in [6.07, 6.45) is 0.461. The molecule has 0 atom stereocenters. The number of aliphatic hydroxyl groups is 1. The van der Waals surface area contributed by atoms with Gasteiger partial charge in [0, 0.05) is 12.2 Å². The zero-order valence-electron chi connectivity index (χ0n) is 8.10. The zero-order valence-corrected chi connectivity index (χ0v) is 9.69. The van der Waals surface area contributed by atoms with Crippen LogP contribution in [0.5, 0.6) is 5.75 Å². The summed E-state index contributed by atoms with van der Waals surface area (Å²) >= 11 is 3.12. The predicted molar refractivity (Wildman–Crippen MR) is 56.2 cm³/mol. The molecule has 0 aromatic heterocycles. The van der Waals surface area contributed by atoms with E-state index in [1.165, 1.54) is 7.11 Å². The summed E-state index contributed by atoms with van der Waals surface area (Å²) in [5.41, 5.74) is 1.27. The molecule has 2 nitrogen and oxygen atoms in total. The lowest BCUT2D eigenvalue weighted by Crippen LogP contribution is -2.00. The van der Waals surface area contributed by atoms with Gasteiger partial charge in [0.15, 0.2) is 0 Å². The quantitative estimate of drug-likeness (QED) is 0.907. The molecule has 1 rings (SSSR count). The van der Waals surface area contributed by atoms with E-state index in [2.05, 4.69) is 15.9 Å². The minimum Gasteiger partial charge on any atom is -0.496 e. The number of halogens is 2. The highest BCUT2D eigenvalue weighted by molar-refractivity contribution is 9.10. The van der Waals surface area contributed by atoms with E-state index in [1.54, 1.807) is 13.0 Å². The lowest BCUT2D eigenvalue weighted by Gasteiger charge is -2.12. The van der Waals surface area contributed by atoms with Crippen molar-refractivity contribution in [3.63, 3.8) is 0 Å². The normalized spacial score (nSPS) is 10.4. The molecular formula is C10H12BrFO2. The molecular weight excluding hydrogens is 251 g/mol. The molecule has 0 heterocycles. The third kappa shape index (κ3) is 2.07. The number of ether oxygens (including phenoxy) is 1. The van der Waals surface area contributed by atoms with Gasteiger partial charge in [0.2, 0.25) is 0 Å². The first-order chi connectivity index (χ1) is 6.61. The smallest absolute Gasteiger partial charge is 0.143 e. The highest BCUT2D eigenvalue weighted by atomic mass is 79.9. The summed E-state index contributed by atoms with van der Waals surface area (Å²) in [7, 11) is 1.50. The van der Waals surface area contributed by atoms with E-state index in [0.29, 0.717) is 22.2 Å². The molecule has 0 aliphatic carbocycles. The summed E-state index contributed by atoms with van der Waals surface area (Å²) in [6.45, 7) is 1.67. The molecule has 0 fully saturated rings. The summed E-state index contributed by atoms with van der Waals surface area (Å²) in [6, 6.07) is 1.64. The van der Waals surface area contributed by atoms with E-state index in [9.17, 15) is 4.39 Å². The van der Waals surface area contributed by atoms with E-state index < -0.39 is 0 Å². The van der Waals surface area contributed by atoms with Crippen molar-refractivity contribution in [3.05, 3.63) is 27.5 Å². The first kappa shape index (κ1) is 11.5. The lowest BCUT2D eigenvalue weighted by molar-refractivity contribution is 0.296. The Labute approximate surface area is 90.8 Å². The van der Waals surface area contributed by atoms with Gasteiger partial charge >= 0.3 is 0 Å². The van der Waals surface area contributed by atoms with Crippen LogP contribution in [0.15, 0.2) is 10.5 Å². The Bertz CT molecular complexity index is 339. The van der Waals surface area contributed by atoms with Crippen molar-refractivity contribution in [3.8, 4) is 5.75 Å². The van der Waals surface area contributed by atoms with Gasteiger partial charge in [-0.15, -0.1) is 0 Å². The van der Waals surface area contributed by atoms with Gasteiger partial charge in [-0.25, -0.2) is 4.39 Å². The number of methoxy groups -OCH3 is 1. The summed E-state index contributed by atoms with van der Waals surface area (Å²) in [5, 5.41) is 8.83. The number of rotatable bonds is 3. The van der Waals surface area contributed by atoms with Crippen LogP contribution in [-0.4, -0.2) is 18.8 Å². The SMILES string of the molecule is COc1c(CCO)cc(Br)c(F)c1C. The zero-order chi connectivity index (χ0) is 10.7. The Hall–Kier alpha value is -0.610. The fourth-order valence-corrected chi connectivity index (χ4v) is 1.97. The summed E-state index contributed by atoms with van der Waals surface area (Å²) < 4.78 is 18.9. The van der Waals surface area contributed by atoms with Crippen molar-refractivity contribution in [1.82, 2.24) is 0 Å². The fraction of sp³-hybridized carbons (Fsp3) is 0.400. The average Bonchev–Trinajstić information content (AvgIpc) is 2.16. The number of hydrogen-bond donors (Lipinski definition) is 1. The van der Waals surface area contributed by atoms with Gasteiger partial charge in [0.25, 0.3) is 0 Å². The van der Waals surface area contributed by atoms with Gasteiger partial charge in [0.1, 0.15) is 11.6 Å². The lowest BCUT2D eigenvalue weighted by atomic mass is 10.1. The van der Waals surface area contributed by atoms with Crippen molar-refractivity contribution in [2.45, 2.75) is 13.3 Å². The Kier molecular flexibility index (Phi) is 3.89. The predicted octanol–water partition coefficient (Wildman–Crippen LogP) is 2.44. The van der Waals surface area contributed by atoms with Gasteiger partial charge in [0.05, 0.1) is 11.6 Å². The van der Waals surface area contributed by atoms with Crippen LogP contribution in [0.2, 0.25) is 0 Å². The second-order valence-electron chi connectivity index (χ2n) is 2.96. The molecule has 1 aromatic carbocycles. The largest absolute Gasteiger partial charge is 0.496 e. The molecule has 0 bridgehead atoms. The second kappa shape index (κ2) is 4.75. The van der Waals surface area contributed by atoms with E-state index in [1.807, 2.05) is 0 Å². The van der Waals surface area contributed by atoms with E-state index >= 15 is 0 Å². The molecule has 0 saturated heterocycles. The molecule has 0 unspecified atom stereocenters. The maximum atomic E-state index is 13.4. The molecule has 0 aliphatic heterocycles. The van der Waals surface area contributed by atoms with E-state index in [-0.39, 0.29) is 12.4 Å². The van der Waals surface area contributed by atoms with Crippen LogP contribution < -0.4 is 4.74 Å². The van der Waals surface area contributed by atoms with Crippen molar-refractivity contribution in [2.75, 3.05) is 13.7 Å². The van der Waals surface area contributed by atoms with E-state index in [0.717, 1.165) is 5.56 Å². The van der Waals surface area contributed by atoms with Crippen LogP contribution in [0.4, 0.5) is 4.39 Å². The van der Waals surface area contributed by atoms with Crippen molar-refractivity contribution in [1.29, 1.82) is 0 Å². The van der Waals surface area contributed by atoms with Crippen LogP contribution in [0.3, 0.4) is 0 Å². The first-order valence-corrected chi connectivity index (χ1v) is 5.03. The van der Waals surface area contributed by atoms with Crippen LogP contribution in [0, 0.1) is 12.7 Å². The van der Waals surface area contributed by atoms with Crippen LogP contribution in [-0.2, 0) is 6.42 Å². The molecule has 0 saturated carbocycles. The molecule has 0 spiro atoms. The van der Waals surface area contributed by atoms with Crippen molar-refractivity contribution in [2.24, 2.45) is 0 Å². The molecule has 4 heteroatoms. The summed E-state index contributed by atoms with van der Waals surface area (Å²) in [5.74, 6) is 0.197. The van der Waals surface area contributed by atoms with Gasteiger partial charge in [-0.05, 0) is 40.9 Å². The van der Waals surface area contributed by atoms with E-state index in [4.69, 9.17) is 9.84 Å². The number of benzene rings is 1. The van der Waals surface area contributed by atoms with Gasteiger partial charge in [-0.2, -0.15) is 0 Å². The van der Waals surface area contributed by atoms with Crippen LogP contribution in [0.25, 0.3) is 0 Å². The van der Waals surface area contributed by atoms with Gasteiger partial charge in [-0.3, -0.25) is 0 Å². The molecule has 0 amide bonds. The Morgan fingerprint density at radius 1 is 1.57 bits per heavy atom. The maximum absolute atomic E-state index is 13.4. The van der Waals surface area contributed by atoms with Crippen molar-refractivity contribution < 1.29 is 14.2 Å². The highest BCUT2D eigenvalue weighted by Gasteiger charge is 2.13.